The molecule has 2 fully saturated rings. The molecule has 0 spiro atoms. The Morgan fingerprint density at radius 2 is 2.00 bits per heavy atom. The summed E-state index contributed by atoms with van der Waals surface area (Å²) in [4.78, 5) is 25.2. The van der Waals surface area contributed by atoms with Crippen LogP contribution in [0.25, 0.3) is 0 Å². The number of ether oxygens (including phenoxy) is 1. The number of nitrogens with zero attached hydrogens (tertiary/aromatic N) is 1. The summed E-state index contributed by atoms with van der Waals surface area (Å²) >= 11 is 0. The molecule has 16 heavy (non-hydrogen) atoms. The van der Waals surface area contributed by atoms with Crippen LogP contribution in [0.2, 0.25) is 0 Å². The molecule has 4 heteroatoms. The number of hydrogen-bond donors (Lipinski definition) is 0. The van der Waals surface area contributed by atoms with Gasteiger partial charge >= 0.3 is 5.97 Å². The first kappa shape index (κ1) is 11.4. The molecule has 4 nitrogen and oxygen atoms in total. The summed E-state index contributed by atoms with van der Waals surface area (Å²) in [6.07, 6.45) is 5.87. The number of esters is 1. The van der Waals surface area contributed by atoms with Crippen molar-refractivity contribution >= 4 is 11.9 Å². The van der Waals surface area contributed by atoms with E-state index in [1.807, 2.05) is 0 Å². The van der Waals surface area contributed by atoms with Gasteiger partial charge < -0.3 is 9.64 Å². The Morgan fingerprint density at radius 1 is 1.25 bits per heavy atom. The highest BCUT2D eigenvalue weighted by molar-refractivity contribution is 5.85. The molecule has 0 bridgehead atoms. The Bertz CT molecular complexity index is 286. The summed E-state index contributed by atoms with van der Waals surface area (Å²) in [5, 5.41) is 0. The number of amides is 1. The molecule has 0 N–H and O–H groups in total. The fourth-order valence-electron chi connectivity index (χ4n) is 2.51. The highest BCUT2D eigenvalue weighted by Crippen LogP contribution is 2.31. The van der Waals surface area contributed by atoms with Crippen LogP contribution in [-0.4, -0.2) is 36.5 Å². The van der Waals surface area contributed by atoms with E-state index >= 15 is 0 Å². The zero-order chi connectivity index (χ0) is 11.5. The Kier molecular flexibility index (Phi) is 3.46. The van der Waals surface area contributed by atoms with Crippen LogP contribution < -0.4 is 0 Å². The summed E-state index contributed by atoms with van der Waals surface area (Å²) in [5.41, 5.74) is 0. The molecule has 0 aromatic heterocycles. The van der Waals surface area contributed by atoms with Gasteiger partial charge in [0.2, 0.25) is 5.91 Å². The molecule has 90 valence electrons. The third-order valence-electron chi connectivity index (χ3n) is 3.73. The van der Waals surface area contributed by atoms with Crippen molar-refractivity contribution in [1.82, 2.24) is 4.90 Å². The van der Waals surface area contributed by atoms with Crippen LogP contribution in [0.15, 0.2) is 0 Å². The highest BCUT2D eigenvalue weighted by Gasteiger charge is 2.35. The summed E-state index contributed by atoms with van der Waals surface area (Å²) < 4.78 is 4.73. The van der Waals surface area contributed by atoms with E-state index in [-0.39, 0.29) is 17.9 Å². The van der Waals surface area contributed by atoms with Gasteiger partial charge in [-0.05, 0) is 31.6 Å². The molecular weight excluding hydrogens is 206 g/mol. The minimum absolute atomic E-state index is 0.137. The molecule has 1 saturated heterocycles. The van der Waals surface area contributed by atoms with Gasteiger partial charge in [0.15, 0.2) is 0 Å². The van der Waals surface area contributed by atoms with Crippen LogP contribution >= 0.6 is 0 Å². The monoisotopic (exact) mass is 225 g/mol. The van der Waals surface area contributed by atoms with Crippen LogP contribution in [-0.2, 0) is 14.3 Å². The molecule has 1 unspecified atom stereocenters. The largest absolute Gasteiger partial charge is 0.467 e. The van der Waals surface area contributed by atoms with Crippen molar-refractivity contribution in [3.05, 3.63) is 0 Å². The lowest BCUT2D eigenvalue weighted by atomic mass is 9.82. The number of rotatable bonds is 3. The molecule has 1 saturated carbocycles. The van der Waals surface area contributed by atoms with Crippen molar-refractivity contribution in [1.29, 1.82) is 0 Å². The molecule has 1 aliphatic heterocycles. The van der Waals surface area contributed by atoms with Crippen molar-refractivity contribution in [3.63, 3.8) is 0 Å². The van der Waals surface area contributed by atoms with Crippen LogP contribution in [0.1, 0.15) is 38.5 Å². The van der Waals surface area contributed by atoms with Gasteiger partial charge in [-0.25, -0.2) is 4.79 Å². The average Bonchev–Trinajstić information content (AvgIpc) is 2.70. The zero-order valence-corrected chi connectivity index (χ0v) is 9.78. The number of carbonyl (C=O) groups excluding carboxylic acids is 2. The molecule has 1 atom stereocenters. The smallest absolute Gasteiger partial charge is 0.328 e. The van der Waals surface area contributed by atoms with Gasteiger partial charge in [-0.1, -0.05) is 6.42 Å². The summed E-state index contributed by atoms with van der Waals surface area (Å²) in [6, 6.07) is -0.322. The second kappa shape index (κ2) is 4.85. The SMILES string of the molecule is COC(=O)C1CCCN1C(=O)CC1CCC1. The Hall–Kier alpha value is -1.06. The lowest BCUT2D eigenvalue weighted by molar-refractivity contribution is -0.151. The first-order chi connectivity index (χ1) is 7.72. The van der Waals surface area contributed by atoms with Crippen LogP contribution in [0, 0.1) is 5.92 Å². The zero-order valence-electron chi connectivity index (χ0n) is 9.78. The van der Waals surface area contributed by atoms with Gasteiger partial charge in [-0.2, -0.15) is 0 Å². The maximum Gasteiger partial charge on any atom is 0.328 e. The molecular formula is C12H19NO3. The Morgan fingerprint density at radius 3 is 2.56 bits per heavy atom. The standard InChI is InChI=1S/C12H19NO3/c1-16-12(15)10-6-3-7-13(10)11(14)8-9-4-2-5-9/h9-10H,2-8H2,1H3. The second-order valence-corrected chi connectivity index (χ2v) is 4.77. The van der Waals surface area contributed by atoms with Gasteiger partial charge in [-0.3, -0.25) is 4.79 Å². The fraction of sp³-hybridized carbons (Fsp3) is 0.833. The van der Waals surface area contributed by atoms with Crippen LogP contribution in [0.5, 0.6) is 0 Å². The van der Waals surface area contributed by atoms with Gasteiger partial charge in [0.1, 0.15) is 6.04 Å². The Labute approximate surface area is 95.9 Å². The summed E-state index contributed by atoms with van der Waals surface area (Å²) in [7, 11) is 1.38. The maximum atomic E-state index is 12.0. The van der Waals surface area contributed by atoms with Crippen molar-refractivity contribution in [2.24, 2.45) is 5.92 Å². The van der Waals surface area contributed by atoms with Crippen molar-refractivity contribution in [2.75, 3.05) is 13.7 Å². The third kappa shape index (κ3) is 2.20. The first-order valence-corrected chi connectivity index (χ1v) is 6.09. The van der Waals surface area contributed by atoms with Gasteiger partial charge in [0, 0.05) is 13.0 Å². The molecule has 0 radical (unpaired) electrons. The number of likely N-dealkylation sites (tertiary alicyclic amines) is 1. The predicted octanol–water partition coefficient (Wildman–Crippen LogP) is 1.34. The Balaban J connectivity index is 1.90. The minimum Gasteiger partial charge on any atom is -0.467 e. The van der Waals surface area contributed by atoms with Crippen LogP contribution in [0.4, 0.5) is 0 Å². The predicted molar refractivity (Wildman–Crippen MR) is 58.7 cm³/mol. The van der Waals surface area contributed by atoms with Gasteiger partial charge in [-0.15, -0.1) is 0 Å². The fourth-order valence-corrected chi connectivity index (χ4v) is 2.51. The van der Waals surface area contributed by atoms with Crippen molar-refractivity contribution in [2.45, 2.75) is 44.6 Å². The van der Waals surface area contributed by atoms with E-state index in [1.54, 1.807) is 4.90 Å². The maximum absolute atomic E-state index is 12.0. The number of carbonyl (C=O) groups is 2. The van der Waals surface area contributed by atoms with E-state index in [1.165, 1.54) is 26.4 Å². The lowest BCUT2D eigenvalue weighted by Crippen LogP contribution is -2.42. The number of methoxy groups -OCH3 is 1. The minimum atomic E-state index is -0.322. The molecule has 0 aromatic carbocycles. The third-order valence-corrected chi connectivity index (χ3v) is 3.73. The van der Waals surface area contributed by atoms with Crippen LogP contribution in [0.3, 0.4) is 0 Å². The average molecular weight is 225 g/mol. The van der Waals surface area contributed by atoms with Gasteiger partial charge in [0.05, 0.1) is 7.11 Å². The van der Waals surface area contributed by atoms with E-state index in [0.29, 0.717) is 18.9 Å². The van der Waals surface area contributed by atoms with E-state index < -0.39 is 0 Å². The normalized spacial score (nSPS) is 25.3. The molecule has 1 aliphatic carbocycles. The van der Waals surface area contributed by atoms with Crippen molar-refractivity contribution in [3.8, 4) is 0 Å². The van der Waals surface area contributed by atoms with E-state index in [0.717, 1.165) is 12.8 Å². The van der Waals surface area contributed by atoms with Crippen molar-refractivity contribution < 1.29 is 14.3 Å². The molecule has 2 aliphatic rings. The van der Waals surface area contributed by atoms with E-state index in [9.17, 15) is 9.59 Å². The second-order valence-electron chi connectivity index (χ2n) is 4.77. The summed E-state index contributed by atoms with van der Waals surface area (Å²) in [6.45, 7) is 0.714. The quantitative estimate of drug-likeness (QED) is 0.681. The van der Waals surface area contributed by atoms with E-state index in [4.69, 9.17) is 4.74 Å². The molecule has 1 heterocycles. The molecule has 1 amide bonds. The molecule has 0 aromatic rings. The first-order valence-electron chi connectivity index (χ1n) is 6.09. The molecule has 2 rings (SSSR count). The highest BCUT2D eigenvalue weighted by atomic mass is 16.5. The lowest BCUT2D eigenvalue weighted by Gasteiger charge is -2.29. The van der Waals surface area contributed by atoms with Gasteiger partial charge in [0.25, 0.3) is 0 Å². The summed E-state index contributed by atoms with van der Waals surface area (Å²) in [5.74, 6) is 0.434. The van der Waals surface area contributed by atoms with E-state index in [2.05, 4.69) is 0 Å². The number of hydrogen-bond acceptors (Lipinski definition) is 3. The topological polar surface area (TPSA) is 46.6 Å².